The van der Waals surface area contributed by atoms with E-state index in [1.165, 1.54) is 0 Å². The zero-order valence-electron chi connectivity index (χ0n) is 15.5. The Morgan fingerprint density at radius 3 is 2.69 bits per heavy atom. The molecule has 0 amide bonds. The Balaban J connectivity index is 1.58. The quantitative estimate of drug-likeness (QED) is 0.754. The van der Waals surface area contributed by atoms with Crippen LogP contribution < -0.4 is 15.4 Å². The third-order valence-electron chi connectivity index (χ3n) is 5.04. The fourth-order valence-electron chi connectivity index (χ4n) is 3.45. The smallest absolute Gasteiger partial charge is 0.131 e. The Hall–Kier alpha value is -2.60. The highest BCUT2D eigenvalue weighted by Crippen LogP contribution is 2.27. The normalized spacial score (nSPS) is 15.3. The molecule has 4 rings (SSSR count). The average Bonchev–Trinajstić information content (AvgIpc) is 2.88. The van der Waals surface area contributed by atoms with Crippen LogP contribution in [-0.4, -0.2) is 34.0 Å². The first kappa shape index (κ1) is 16.8. The van der Waals surface area contributed by atoms with Gasteiger partial charge in [-0.2, -0.15) is 5.10 Å². The second kappa shape index (κ2) is 6.96. The highest BCUT2D eigenvalue weighted by atomic mass is 16.5. The Kier molecular flexibility index (Phi) is 4.51. The van der Waals surface area contributed by atoms with E-state index >= 15 is 0 Å². The van der Waals surface area contributed by atoms with Crippen molar-refractivity contribution in [1.82, 2.24) is 20.1 Å². The van der Waals surface area contributed by atoms with Gasteiger partial charge in [-0.15, -0.1) is 0 Å². The van der Waals surface area contributed by atoms with Crippen molar-refractivity contribution in [2.75, 3.05) is 18.4 Å². The summed E-state index contributed by atoms with van der Waals surface area (Å²) in [6.45, 7) is 6.11. The van der Waals surface area contributed by atoms with E-state index in [0.29, 0.717) is 6.10 Å². The molecule has 26 heavy (non-hydrogen) atoms. The van der Waals surface area contributed by atoms with Gasteiger partial charge in [0.2, 0.25) is 0 Å². The van der Waals surface area contributed by atoms with Crippen molar-refractivity contribution >= 4 is 22.3 Å². The number of nitrogens with one attached hydrogen (secondary N) is 2. The second-order valence-electron chi connectivity index (χ2n) is 6.94. The topological polar surface area (TPSA) is 64.0 Å². The Labute approximate surface area is 153 Å². The molecule has 1 aliphatic rings. The van der Waals surface area contributed by atoms with Crippen LogP contribution in [0.25, 0.3) is 10.8 Å². The molecule has 0 spiro atoms. The van der Waals surface area contributed by atoms with Gasteiger partial charge < -0.3 is 15.4 Å². The van der Waals surface area contributed by atoms with Crippen molar-refractivity contribution in [2.24, 2.45) is 7.05 Å². The average molecular weight is 351 g/mol. The lowest BCUT2D eigenvalue weighted by Crippen LogP contribution is -2.34. The summed E-state index contributed by atoms with van der Waals surface area (Å²) in [6, 6.07) is 8.28. The lowest BCUT2D eigenvalue weighted by molar-refractivity contribution is 0.162. The van der Waals surface area contributed by atoms with Gasteiger partial charge in [0.15, 0.2) is 0 Å². The number of pyridine rings is 1. The van der Waals surface area contributed by atoms with E-state index in [-0.39, 0.29) is 0 Å². The number of hydrogen-bond donors (Lipinski definition) is 2. The maximum absolute atomic E-state index is 6.17. The molecule has 0 saturated carbocycles. The van der Waals surface area contributed by atoms with E-state index in [0.717, 1.165) is 65.3 Å². The van der Waals surface area contributed by atoms with Gasteiger partial charge in [-0.1, -0.05) is 0 Å². The summed E-state index contributed by atoms with van der Waals surface area (Å²) in [4.78, 5) is 4.54. The highest BCUT2D eigenvalue weighted by Gasteiger charge is 2.15. The van der Waals surface area contributed by atoms with Crippen LogP contribution in [0.3, 0.4) is 0 Å². The van der Waals surface area contributed by atoms with Crippen LogP contribution in [-0.2, 0) is 7.05 Å². The number of ether oxygens (including phenoxy) is 1. The minimum Gasteiger partial charge on any atom is -0.490 e. The number of fused-ring (bicyclic) bond motifs is 1. The third kappa shape index (κ3) is 3.37. The molecule has 3 aromatic rings. The van der Waals surface area contributed by atoms with Crippen LogP contribution in [0.15, 0.2) is 30.5 Å². The summed E-state index contributed by atoms with van der Waals surface area (Å²) < 4.78 is 8.05. The van der Waals surface area contributed by atoms with E-state index in [4.69, 9.17) is 4.74 Å². The van der Waals surface area contributed by atoms with Crippen LogP contribution in [0.1, 0.15) is 24.2 Å². The van der Waals surface area contributed by atoms with Crippen LogP contribution in [0.5, 0.6) is 5.75 Å². The van der Waals surface area contributed by atoms with Gasteiger partial charge in [0, 0.05) is 18.6 Å². The molecule has 0 aliphatic carbocycles. The molecular weight excluding hydrogens is 326 g/mol. The maximum atomic E-state index is 6.17. The first-order valence-corrected chi connectivity index (χ1v) is 9.14. The number of nitrogens with zero attached hydrogens (tertiary/aromatic N) is 3. The van der Waals surface area contributed by atoms with Crippen LogP contribution in [0.4, 0.5) is 11.5 Å². The highest BCUT2D eigenvalue weighted by molar-refractivity contribution is 5.86. The van der Waals surface area contributed by atoms with E-state index in [2.05, 4.69) is 38.9 Å². The molecule has 2 N–H and O–H groups in total. The number of hydrogen-bond acceptors (Lipinski definition) is 5. The molecule has 1 saturated heterocycles. The first-order valence-electron chi connectivity index (χ1n) is 9.14. The van der Waals surface area contributed by atoms with Gasteiger partial charge in [0.25, 0.3) is 0 Å². The maximum Gasteiger partial charge on any atom is 0.131 e. The molecule has 1 aromatic carbocycles. The summed E-state index contributed by atoms with van der Waals surface area (Å²) in [5, 5.41) is 13.5. The number of aromatic nitrogens is 3. The molecule has 2 aromatic heterocycles. The number of aryl methyl sites for hydroxylation is 2. The van der Waals surface area contributed by atoms with Crippen molar-refractivity contribution in [1.29, 1.82) is 0 Å². The fourth-order valence-corrected chi connectivity index (χ4v) is 3.45. The van der Waals surface area contributed by atoms with Crippen LogP contribution in [0.2, 0.25) is 0 Å². The molecule has 0 radical (unpaired) electrons. The van der Waals surface area contributed by atoms with Crippen LogP contribution in [0, 0.1) is 13.8 Å². The van der Waals surface area contributed by atoms with Gasteiger partial charge in [0.05, 0.1) is 17.1 Å². The SMILES string of the molecule is Cc1nn(C)c(C)c1Nc1cc2cc(OC3CCNCC3)ccc2cn1. The lowest BCUT2D eigenvalue weighted by atomic mass is 10.1. The molecule has 6 nitrogen and oxygen atoms in total. The van der Waals surface area contributed by atoms with Gasteiger partial charge in [-0.25, -0.2) is 4.98 Å². The summed E-state index contributed by atoms with van der Waals surface area (Å²) in [7, 11) is 1.95. The zero-order chi connectivity index (χ0) is 18.1. The van der Waals surface area contributed by atoms with Crippen molar-refractivity contribution in [3.63, 3.8) is 0 Å². The summed E-state index contributed by atoms with van der Waals surface area (Å²) in [5.41, 5.74) is 3.07. The van der Waals surface area contributed by atoms with E-state index < -0.39 is 0 Å². The van der Waals surface area contributed by atoms with E-state index in [1.807, 2.05) is 37.8 Å². The molecule has 0 unspecified atom stereocenters. The molecule has 6 heteroatoms. The third-order valence-corrected chi connectivity index (χ3v) is 5.04. The number of benzene rings is 1. The Morgan fingerprint density at radius 1 is 1.15 bits per heavy atom. The number of piperidine rings is 1. The molecular formula is C20H25N5O. The van der Waals surface area contributed by atoms with Gasteiger partial charge in [0.1, 0.15) is 17.7 Å². The minimum absolute atomic E-state index is 0.300. The fraction of sp³-hybridized carbons (Fsp3) is 0.400. The number of rotatable bonds is 4. The van der Waals surface area contributed by atoms with Crippen molar-refractivity contribution in [3.8, 4) is 5.75 Å². The standard InChI is InChI=1S/C20H25N5O/c1-13-20(14(2)25(3)24-13)23-19-11-16-10-18(5-4-15(16)12-22-19)26-17-6-8-21-9-7-17/h4-5,10-12,17,21H,6-9H2,1-3H3,(H,22,23). The summed E-state index contributed by atoms with van der Waals surface area (Å²) >= 11 is 0. The lowest BCUT2D eigenvalue weighted by Gasteiger charge is -2.24. The Bertz CT molecular complexity index is 927. The molecule has 136 valence electrons. The monoisotopic (exact) mass is 351 g/mol. The summed E-state index contributed by atoms with van der Waals surface area (Å²) in [5.74, 6) is 1.74. The molecule has 0 bridgehead atoms. The molecule has 1 fully saturated rings. The molecule has 1 aliphatic heterocycles. The largest absolute Gasteiger partial charge is 0.490 e. The second-order valence-corrected chi connectivity index (χ2v) is 6.94. The van der Waals surface area contributed by atoms with Gasteiger partial charge >= 0.3 is 0 Å². The molecule has 3 heterocycles. The first-order chi connectivity index (χ1) is 12.6. The van der Waals surface area contributed by atoms with Crippen molar-refractivity contribution < 1.29 is 4.74 Å². The molecule has 0 atom stereocenters. The Morgan fingerprint density at radius 2 is 1.96 bits per heavy atom. The van der Waals surface area contributed by atoms with Crippen molar-refractivity contribution in [2.45, 2.75) is 32.8 Å². The number of anilines is 2. The summed E-state index contributed by atoms with van der Waals surface area (Å²) in [6.07, 6.45) is 4.31. The van der Waals surface area contributed by atoms with Gasteiger partial charge in [-0.3, -0.25) is 4.68 Å². The van der Waals surface area contributed by atoms with Crippen molar-refractivity contribution in [3.05, 3.63) is 41.9 Å². The van der Waals surface area contributed by atoms with Gasteiger partial charge in [-0.05, 0) is 69.4 Å². The minimum atomic E-state index is 0.300. The van der Waals surface area contributed by atoms with E-state index in [9.17, 15) is 0 Å². The van der Waals surface area contributed by atoms with E-state index in [1.54, 1.807) is 0 Å². The predicted molar refractivity (Wildman–Crippen MR) is 104 cm³/mol. The predicted octanol–water partition coefficient (Wildman–Crippen LogP) is 3.46. The van der Waals surface area contributed by atoms with Crippen LogP contribution >= 0.6 is 0 Å². The zero-order valence-corrected chi connectivity index (χ0v) is 15.5.